The molecule has 1 heterocycles. The minimum Gasteiger partial charge on any atom is -0.338 e. The molecule has 0 spiro atoms. The molecule has 0 aliphatic carbocycles. The molecule has 0 fully saturated rings. The third-order valence-corrected chi connectivity index (χ3v) is 4.27. The van der Waals surface area contributed by atoms with E-state index in [1.54, 1.807) is 6.07 Å². The summed E-state index contributed by atoms with van der Waals surface area (Å²) in [5.41, 5.74) is 2.81. The van der Waals surface area contributed by atoms with Gasteiger partial charge < -0.3 is 4.98 Å². The van der Waals surface area contributed by atoms with Crippen LogP contribution in [0.5, 0.6) is 0 Å². The first kappa shape index (κ1) is 12.8. The SMILES string of the molecule is Fc1c(-c2nc3ccccc3[nH]2)ccc(Br)c1CBr. The average molecular weight is 384 g/mol. The normalized spacial score (nSPS) is 11.1. The number of para-hydroxylation sites is 2. The molecular weight excluding hydrogens is 375 g/mol. The van der Waals surface area contributed by atoms with Gasteiger partial charge in [-0.05, 0) is 24.3 Å². The Kier molecular flexibility index (Phi) is 3.41. The summed E-state index contributed by atoms with van der Waals surface area (Å²) < 4.78 is 15.2. The van der Waals surface area contributed by atoms with Gasteiger partial charge in [0.05, 0.1) is 16.6 Å². The molecule has 0 aliphatic heterocycles. The van der Waals surface area contributed by atoms with Gasteiger partial charge in [-0.1, -0.05) is 44.0 Å². The Balaban J connectivity index is 2.21. The second-order valence-electron chi connectivity index (χ2n) is 4.12. The summed E-state index contributed by atoms with van der Waals surface area (Å²) in [5.74, 6) is 0.290. The van der Waals surface area contributed by atoms with E-state index in [1.807, 2.05) is 30.3 Å². The van der Waals surface area contributed by atoms with Crippen molar-refractivity contribution < 1.29 is 4.39 Å². The fourth-order valence-corrected chi connectivity index (χ4v) is 3.35. The number of halogens is 3. The van der Waals surface area contributed by atoms with E-state index in [4.69, 9.17) is 0 Å². The van der Waals surface area contributed by atoms with Crippen LogP contribution in [0.2, 0.25) is 0 Å². The highest BCUT2D eigenvalue weighted by atomic mass is 79.9. The lowest BCUT2D eigenvalue weighted by atomic mass is 10.1. The summed E-state index contributed by atoms with van der Waals surface area (Å²) in [7, 11) is 0. The Hall–Kier alpha value is -1.20. The van der Waals surface area contributed by atoms with Crippen LogP contribution in [-0.2, 0) is 5.33 Å². The van der Waals surface area contributed by atoms with Crippen molar-refractivity contribution in [2.45, 2.75) is 5.33 Å². The zero-order valence-corrected chi connectivity index (χ0v) is 12.9. The summed E-state index contributed by atoms with van der Waals surface area (Å²) in [6.45, 7) is 0. The van der Waals surface area contributed by atoms with Gasteiger partial charge in [-0.2, -0.15) is 0 Å². The maximum absolute atomic E-state index is 14.4. The second-order valence-corrected chi connectivity index (χ2v) is 5.54. The van der Waals surface area contributed by atoms with Crippen LogP contribution in [0.15, 0.2) is 40.9 Å². The summed E-state index contributed by atoms with van der Waals surface area (Å²) in [4.78, 5) is 7.56. The largest absolute Gasteiger partial charge is 0.338 e. The Morgan fingerprint density at radius 2 is 1.95 bits per heavy atom. The van der Waals surface area contributed by atoms with Gasteiger partial charge >= 0.3 is 0 Å². The van der Waals surface area contributed by atoms with Crippen LogP contribution < -0.4 is 0 Å². The predicted molar refractivity (Wildman–Crippen MR) is 81.8 cm³/mol. The first-order valence-electron chi connectivity index (χ1n) is 5.68. The van der Waals surface area contributed by atoms with E-state index in [1.165, 1.54) is 0 Å². The van der Waals surface area contributed by atoms with Crippen molar-refractivity contribution in [1.29, 1.82) is 0 Å². The number of aromatic amines is 1. The zero-order chi connectivity index (χ0) is 13.4. The molecule has 0 atom stereocenters. The number of fused-ring (bicyclic) bond motifs is 1. The van der Waals surface area contributed by atoms with Crippen molar-refractivity contribution in [3.8, 4) is 11.4 Å². The highest BCUT2D eigenvalue weighted by molar-refractivity contribution is 9.10. The molecule has 5 heteroatoms. The number of aromatic nitrogens is 2. The third kappa shape index (κ3) is 2.21. The van der Waals surface area contributed by atoms with Crippen molar-refractivity contribution in [2.75, 3.05) is 0 Å². The zero-order valence-electron chi connectivity index (χ0n) is 9.75. The van der Waals surface area contributed by atoms with Gasteiger partial charge in [0.1, 0.15) is 11.6 Å². The van der Waals surface area contributed by atoms with Crippen LogP contribution in [0.1, 0.15) is 5.56 Å². The van der Waals surface area contributed by atoms with E-state index in [2.05, 4.69) is 41.8 Å². The van der Waals surface area contributed by atoms with Crippen molar-refractivity contribution >= 4 is 42.9 Å². The molecule has 3 rings (SSSR count). The third-order valence-electron chi connectivity index (χ3n) is 2.96. The number of hydrogen-bond donors (Lipinski definition) is 1. The lowest BCUT2D eigenvalue weighted by Gasteiger charge is -2.06. The van der Waals surface area contributed by atoms with E-state index in [-0.39, 0.29) is 5.82 Å². The van der Waals surface area contributed by atoms with E-state index in [9.17, 15) is 4.39 Å². The maximum Gasteiger partial charge on any atom is 0.141 e. The highest BCUT2D eigenvalue weighted by Crippen LogP contribution is 2.30. The second kappa shape index (κ2) is 5.06. The summed E-state index contributed by atoms with van der Waals surface area (Å²) in [6.07, 6.45) is 0. The molecular formula is C14H9Br2FN2. The molecule has 0 saturated carbocycles. The van der Waals surface area contributed by atoms with E-state index < -0.39 is 0 Å². The Labute approximate surface area is 126 Å². The number of H-pyrrole nitrogens is 1. The van der Waals surface area contributed by atoms with Crippen LogP contribution >= 0.6 is 31.9 Å². The Bertz CT molecular complexity index is 719. The highest BCUT2D eigenvalue weighted by Gasteiger charge is 2.15. The van der Waals surface area contributed by atoms with E-state index in [0.29, 0.717) is 22.3 Å². The average Bonchev–Trinajstić information content (AvgIpc) is 2.82. The molecule has 19 heavy (non-hydrogen) atoms. The minimum atomic E-state index is -0.259. The summed E-state index contributed by atoms with van der Waals surface area (Å²) in [5, 5.41) is 0.452. The molecule has 0 aliphatic rings. The van der Waals surface area contributed by atoms with Crippen molar-refractivity contribution in [2.24, 2.45) is 0 Å². The van der Waals surface area contributed by atoms with E-state index in [0.717, 1.165) is 15.5 Å². The molecule has 0 bridgehead atoms. The smallest absolute Gasteiger partial charge is 0.141 e. The van der Waals surface area contributed by atoms with Gasteiger partial charge in [-0.25, -0.2) is 9.37 Å². The van der Waals surface area contributed by atoms with Crippen molar-refractivity contribution in [3.63, 3.8) is 0 Å². The van der Waals surface area contributed by atoms with Gasteiger partial charge in [0.25, 0.3) is 0 Å². The number of nitrogens with one attached hydrogen (secondary N) is 1. The summed E-state index contributed by atoms with van der Waals surface area (Å²) >= 11 is 6.65. The molecule has 2 nitrogen and oxygen atoms in total. The number of hydrogen-bond acceptors (Lipinski definition) is 1. The van der Waals surface area contributed by atoms with Crippen LogP contribution in [-0.4, -0.2) is 9.97 Å². The van der Waals surface area contributed by atoms with Crippen molar-refractivity contribution in [1.82, 2.24) is 9.97 Å². The quantitative estimate of drug-likeness (QED) is 0.618. The van der Waals surface area contributed by atoms with E-state index >= 15 is 0 Å². The van der Waals surface area contributed by atoms with Crippen LogP contribution in [0, 0.1) is 5.82 Å². The van der Waals surface area contributed by atoms with Gasteiger partial charge in [-0.15, -0.1) is 0 Å². The first-order valence-corrected chi connectivity index (χ1v) is 7.60. The molecule has 0 saturated heterocycles. The lowest BCUT2D eigenvalue weighted by Crippen LogP contribution is -1.93. The van der Waals surface area contributed by atoms with Gasteiger partial charge in [-0.3, -0.25) is 0 Å². The fraction of sp³-hybridized carbons (Fsp3) is 0.0714. The van der Waals surface area contributed by atoms with Gasteiger partial charge in [0, 0.05) is 15.4 Å². The van der Waals surface area contributed by atoms with Gasteiger partial charge in [0.2, 0.25) is 0 Å². The predicted octanol–water partition coefficient (Wildman–Crippen LogP) is 5.03. The maximum atomic E-state index is 14.4. The Morgan fingerprint density at radius 3 is 2.68 bits per heavy atom. The van der Waals surface area contributed by atoms with Crippen molar-refractivity contribution in [3.05, 3.63) is 52.3 Å². The number of nitrogens with zero attached hydrogens (tertiary/aromatic N) is 1. The number of alkyl halides is 1. The number of benzene rings is 2. The molecule has 0 radical (unpaired) electrons. The molecule has 96 valence electrons. The molecule has 1 aromatic heterocycles. The molecule has 1 N–H and O–H groups in total. The number of rotatable bonds is 2. The first-order chi connectivity index (χ1) is 9.20. The minimum absolute atomic E-state index is 0.259. The Morgan fingerprint density at radius 1 is 1.16 bits per heavy atom. The fourth-order valence-electron chi connectivity index (χ4n) is 1.98. The van der Waals surface area contributed by atoms with Crippen LogP contribution in [0.3, 0.4) is 0 Å². The monoisotopic (exact) mass is 382 g/mol. The topological polar surface area (TPSA) is 28.7 Å². The molecule has 0 unspecified atom stereocenters. The molecule has 3 aromatic rings. The lowest BCUT2D eigenvalue weighted by molar-refractivity contribution is 0.619. The van der Waals surface area contributed by atoms with Crippen LogP contribution in [0.4, 0.5) is 4.39 Å². The summed E-state index contributed by atoms with van der Waals surface area (Å²) in [6, 6.07) is 11.2. The number of imidazole rings is 1. The molecule has 2 aromatic carbocycles. The van der Waals surface area contributed by atoms with Crippen LogP contribution in [0.25, 0.3) is 22.4 Å². The van der Waals surface area contributed by atoms with Gasteiger partial charge in [0.15, 0.2) is 0 Å². The molecule has 0 amide bonds. The standard InChI is InChI=1S/C14H9Br2FN2/c15-7-9-10(16)6-5-8(13(9)17)14-18-11-3-1-2-4-12(11)19-14/h1-6H,7H2,(H,18,19).